The average Bonchev–Trinajstić information content (AvgIpc) is 3.19. The van der Waals surface area contributed by atoms with Crippen molar-refractivity contribution in [2.24, 2.45) is 5.92 Å². The van der Waals surface area contributed by atoms with Gasteiger partial charge in [-0.05, 0) is 83.8 Å². The second kappa shape index (κ2) is 9.01. The predicted octanol–water partition coefficient (Wildman–Crippen LogP) is 4.36. The van der Waals surface area contributed by atoms with Crippen LogP contribution in [0.2, 0.25) is 0 Å². The lowest BCUT2D eigenvalue weighted by molar-refractivity contribution is 0.102. The summed E-state index contributed by atoms with van der Waals surface area (Å²) in [4.78, 5) is 12.7. The van der Waals surface area contributed by atoms with E-state index >= 15 is 0 Å². The lowest BCUT2D eigenvalue weighted by Gasteiger charge is -2.27. The zero-order valence-electron chi connectivity index (χ0n) is 16.7. The predicted molar refractivity (Wildman–Crippen MR) is 122 cm³/mol. The van der Waals surface area contributed by atoms with Crippen molar-refractivity contribution in [1.29, 1.82) is 0 Å². The van der Waals surface area contributed by atoms with Gasteiger partial charge in [-0.15, -0.1) is 0 Å². The minimum absolute atomic E-state index is 0.0388. The van der Waals surface area contributed by atoms with Crippen LogP contribution in [0.15, 0.2) is 47.4 Å². The fraction of sp³-hybridized carbons (Fsp3) is 0.381. The van der Waals surface area contributed by atoms with Crippen molar-refractivity contribution in [3.63, 3.8) is 0 Å². The maximum absolute atomic E-state index is 13.0. The van der Waals surface area contributed by atoms with Crippen LogP contribution < -0.4 is 10.1 Å². The molecule has 1 amide bonds. The maximum Gasteiger partial charge on any atom is 0.255 e. The Balaban J connectivity index is 1.74. The average molecular weight is 528 g/mol. The molecule has 0 unspecified atom stereocenters. The number of amides is 1. The molecule has 8 heteroatoms. The summed E-state index contributed by atoms with van der Waals surface area (Å²) in [6.45, 7) is 4.66. The Labute approximate surface area is 185 Å². The van der Waals surface area contributed by atoms with Crippen molar-refractivity contribution in [2.45, 2.75) is 37.6 Å². The van der Waals surface area contributed by atoms with Crippen LogP contribution in [-0.2, 0) is 10.0 Å². The first kappa shape index (κ1) is 22.0. The van der Waals surface area contributed by atoms with Crippen molar-refractivity contribution < 1.29 is 17.9 Å². The summed E-state index contributed by atoms with van der Waals surface area (Å²) in [7, 11) is -1.96. The van der Waals surface area contributed by atoms with Gasteiger partial charge < -0.3 is 10.1 Å². The molecule has 3 rings (SSSR count). The van der Waals surface area contributed by atoms with E-state index in [2.05, 4.69) is 41.8 Å². The number of hydrogen-bond acceptors (Lipinski definition) is 4. The third-order valence-corrected chi connectivity index (χ3v) is 7.93. The third kappa shape index (κ3) is 4.75. The second-order valence-corrected chi connectivity index (χ2v) is 10.4. The van der Waals surface area contributed by atoms with Gasteiger partial charge in [0.15, 0.2) is 0 Å². The summed E-state index contributed by atoms with van der Waals surface area (Å²) in [5.41, 5.74) is 1.05. The van der Waals surface area contributed by atoms with Gasteiger partial charge in [0.2, 0.25) is 10.0 Å². The van der Waals surface area contributed by atoms with Crippen LogP contribution in [0.5, 0.6) is 5.75 Å². The SMILES string of the molecule is COc1ccc(C(=O)Nc2ccc(S(=O)(=O)N3CCC[C@H]3C(C)C)cc2)cc1I. The van der Waals surface area contributed by atoms with E-state index in [9.17, 15) is 13.2 Å². The molecule has 156 valence electrons. The Hall–Kier alpha value is -1.65. The number of nitrogens with one attached hydrogen (secondary N) is 1. The number of hydrogen-bond donors (Lipinski definition) is 1. The molecule has 0 radical (unpaired) electrons. The highest BCUT2D eigenvalue weighted by Crippen LogP contribution is 2.30. The number of carbonyl (C=O) groups is 1. The van der Waals surface area contributed by atoms with E-state index in [1.54, 1.807) is 53.9 Å². The fourth-order valence-corrected chi connectivity index (χ4v) is 6.15. The first-order chi connectivity index (χ1) is 13.7. The van der Waals surface area contributed by atoms with Crippen molar-refractivity contribution >= 4 is 44.2 Å². The number of benzene rings is 2. The minimum atomic E-state index is -3.54. The Morgan fingerprint density at radius 1 is 1.21 bits per heavy atom. The number of ether oxygens (including phenoxy) is 1. The minimum Gasteiger partial charge on any atom is -0.496 e. The van der Waals surface area contributed by atoms with E-state index in [1.165, 1.54) is 0 Å². The molecule has 0 aliphatic carbocycles. The molecule has 1 atom stereocenters. The quantitative estimate of drug-likeness (QED) is 0.566. The summed E-state index contributed by atoms with van der Waals surface area (Å²) in [5.74, 6) is 0.719. The van der Waals surface area contributed by atoms with Gasteiger partial charge in [-0.3, -0.25) is 4.79 Å². The third-order valence-electron chi connectivity index (χ3n) is 5.15. The lowest BCUT2D eigenvalue weighted by atomic mass is 10.0. The number of nitrogens with zero attached hydrogens (tertiary/aromatic N) is 1. The van der Waals surface area contributed by atoms with Gasteiger partial charge in [0.05, 0.1) is 15.6 Å². The summed E-state index contributed by atoms with van der Waals surface area (Å²) in [5, 5.41) is 2.81. The van der Waals surface area contributed by atoms with Crippen LogP contribution in [-0.4, -0.2) is 38.3 Å². The van der Waals surface area contributed by atoms with E-state index in [0.29, 0.717) is 23.5 Å². The highest BCUT2D eigenvalue weighted by atomic mass is 127. The Morgan fingerprint density at radius 2 is 1.90 bits per heavy atom. The summed E-state index contributed by atoms with van der Waals surface area (Å²) < 4.78 is 33.7. The molecule has 1 fully saturated rings. The van der Waals surface area contributed by atoms with Gasteiger partial charge in [0, 0.05) is 23.8 Å². The molecular weight excluding hydrogens is 503 g/mol. The summed E-state index contributed by atoms with van der Waals surface area (Å²) in [6, 6.07) is 11.6. The molecule has 1 N–H and O–H groups in total. The fourth-order valence-electron chi connectivity index (χ4n) is 3.59. The van der Waals surface area contributed by atoms with Gasteiger partial charge in [0.1, 0.15) is 5.75 Å². The van der Waals surface area contributed by atoms with E-state index < -0.39 is 10.0 Å². The van der Waals surface area contributed by atoms with Crippen molar-refractivity contribution in [1.82, 2.24) is 4.31 Å². The molecule has 2 aromatic rings. The lowest BCUT2D eigenvalue weighted by Crippen LogP contribution is -2.38. The molecule has 2 aromatic carbocycles. The second-order valence-electron chi connectivity index (χ2n) is 7.40. The van der Waals surface area contributed by atoms with Gasteiger partial charge in [-0.2, -0.15) is 4.31 Å². The first-order valence-electron chi connectivity index (χ1n) is 9.51. The molecule has 0 aromatic heterocycles. The van der Waals surface area contributed by atoms with Gasteiger partial charge in [-0.25, -0.2) is 8.42 Å². The van der Waals surface area contributed by atoms with Crippen molar-refractivity contribution in [3.8, 4) is 5.75 Å². The molecule has 1 aliphatic heterocycles. The topological polar surface area (TPSA) is 75.7 Å². The van der Waals surface area contributed by atoms with Gasteiger partial charge in [0.25, 0.3) is 5.91 Å². The van der Waals surface area contributed by atoms with Crippen LogP contribution >= 0.6 is 22.6 Å². The molecule has 1 saturated heterocycles. The number of carbonyl (C=O) groups excluding carboxylic acids is 1. The monoisotopic (exact) mass is 528 g/mol. The van der Waals surface area contributed by atoms with Crippen LogP contribution in [0, 0.1) is 9.49 Å². The van der Waals surface area contributed by atoms with Gasteiger partial charge in [-0.1, -0.05) is 13.8 Å². The Kier molecular flexibility index (Phi) is 6.85. The van der Waals surface area contributed by atoms with Crippen molar-refractivity contribution in [2.75, 3.05) is 19.0 Å². The van der Waals surface area contributed by atoms with Crippen LogP contribution in [0.4, 0.5) is 5.69 Å². The molecule has 6 nitrogen and oxygen atoms in total. The standard InChI is InChI=1S/C21H25IN2O4S/c1-14(2)19-5-4-12-24(19)29(26,27)17-9-7-16(8-10-17)23-21(25)15-6-11-20(28-3)18(22)13-15/h6-11,13-14,19H,4-5,12H2,1-3H3,(H,23,25)/t19-/m0/s1. The normalized spacial score (nSPS) is 17.5. The van der Waals surface area contributed by atoms with Crippen LogP contribution in [0.3, 0.4) is 0 Å². The highest BCUT2D eigenvalue weighted by Gasteiger charge is 2.36. The number of rotatable bonds is 6. The smallest absolute Gasteiger partial charge is 0.255 e. The zero-order chi connectivity index (χ0) is 21.2. The summed E-state index contributed by atoms with van der Waals surface area (Å²) >= 11 is 2.11. The van der Waals surface area contributed by atoms with E-state index in [4.69, 9.17) is 4.74 Å². The molecule has 1 aliphatic rings. The Bertz CT molecular complexity index is 990. The zero-order valence-corrected chi connectivity index (χ0v) is 19.7. The van der Waals surface area contributed by atoms with E-state index in [0.717, 1.165) is 16.4 Å². The van der Waals surface area contributed by atoms with Crippen LogP contribution in [0.1, 0.15) is 37.0 Å². The number of anilines is 1. The highest BCUT2D eigenvalue weighted by molar-refractivity contribution is 14.1. The largest absolute Gasteiger partial charge is 0.496 e. The number of methoxy groups -OCH3 is 1. The molecule has 0 bridgehead atoms. The number of sulfonamides is 1. The van der Waals surface area contributed by atoms with E-state index in [-0.39, 0.29) is 22.8 Å². The molecule has 29 heavy (non-hydrogen) atoms. The molecule has 1 heterocycles. The first-order valence-corrected chi connectivity index (χ1v) is 12.0. The van der Waals surface area contributed by atoms with Gasteiger partial charge >= 0.3 is 0 Å². The number of halogens is 1. The molecular formula is C21H25IN2O4S. The van der Waals surface area contributed by atoms with Crippen molar-refractivity contribution in [3.05, 3.63) is 51.6 Å². The van der Waals surface area contributed by atoms with Crippen LogP contribution in [0.25, 0.3) is 0 Å². The summed E-state index contributed by atoms with van der Waals surface area (Å²) in [6.07, 6.45) is 1.78. The maximum atomic E-state index is 13.0. The van der Waals surface area contributed by atoms with E-state index in [1.807, 2.05) is 0 Å². The molecule has 0 saturated carbocycles. The Morgan fingerprint density at radius 3 is 2.48 bits per heavy atom. The molecule has 0 spiro atoms.